The van der Waals surface area contributed by atoms with Gasteiger partial charge in [0.05, 0.1) is 0 Å². The van der Waals surface area contributed by atoms with Crippen LogP contribution in [0.4, 0.5) is 4.39 Å². The van der Waals surface area contributed by atoms with Gasteiger partial charge in [0.2, 0.25) is 0 Å². The van der Waals surface area contributed by atoms with Gasteiger partial charge in [0.25, 0.3) is 0 Å². The number of ether oxygens (including phenoxy) is 1. The van der Waals surface area contributed by atoms with Gasteiger partial charge < -0.3 is 10.5 Å². The molecule has 0 spiro atoms. The Hall–Kier alpha value is -1.09. The second-order valence-electron chi connectivity index (χ2n) is 6.17. The van der Waals surface area contributed by atoms with Gasteiger partial charge in [-0.1, -0.05) is 45.4 Å². The van der Waals surface area contributed by atoms with E-state index in [0.29, 0.717) is 0 Å². The van der Waals surface area contributed by atoms with Crippen LogP contribution in [0.1, 0.15) is 76.3 Å². The molecule has 0 fully saturated rings. The molecule has 0 saturated heterocycles. The molecule has 2 atom stereocenters. The van der Waals surface area contributed by atoms with Crippen molar-refractivity contribution in [2.75, 3.05) is 0 Å². The summed E-state index contributed by atoms with van der Waals surface area (Å²) in [6.07, 6.45) is 11.2. The Morgan fingerprint density at radius 3 is 2.62 bits per heavy atom. The number of rotatable bonds is 8. The van der Waals surface area contributed by atoms with E-state index in [1.54, 1.807) is 6.07 Å². The molecule has 2 rings (SSSR count). The molecule has 1 aromatic carbocycles. The van der Waals surface area contributed by atoms with Crippen LogP contribution < -0.4 is 10.5 Å². The normalized spacial score (nSPS) is 20.9. The van der Waals surface area contributed by atoms with E-state index >= 15 is 0 Å². The summed E-state index contributed by atoms with van der Waals surface area (Å²) in [6, 6.07) is 4.56. The lowest BCUT2D eigenvalue weighted by Crippen LogP contribution is -2.29. The standard InChI is InChI=1S/C18H28FNO/c1-2-3-4-5-6-7-8-9-15-13-17(20)16-12-14(19)10-11-18(16)21-15/h10-12,15,17H,2-9,13,20H2,1H3/t15?,17-/m0/s1. The molecular formula is C18H28FNO. The largest absolute Gasteiger partial charge is 0.490 e. The second kappa shape index (κ2) is 8.38. The monoisotopic (exact) mass is 293 g/mol. The molecule has 0 amide bonds. The highest BCUT2D eigenvalue weighted by Crippen LogP contribution is 2.35. The predicted molar refractivity (Wildman–Crippen MR) is 85.0 cm³/mol. The van der Waals surface area contributed by atoms with Gasteiger partial charge in [-0.25, -0.2) is 4.39 Å². The van der Waals surface area contributed by atoms with Crippen molar-refractivity contribution in [3.8, 4) is 5.75 Å². The first-order chi connectivity index (χ1) is 10.2. The zero-order chi connectivity index (χ0) is 15.1. The summed E-state index contributed by atoms with van der Waals surface area (Å²) in [5.74, 6) is 0.529. The topological polar surface area (TPSA) is 35.2 Å². The number of nitrogens with two attached hydrogens (primary N) is 1. The molecule has 0 aromatic heterocycles. The molecule has 0 saturated carbocycles. The van der Waals surface area contributed by atoms with Gasteiger partial charge in [-0.15, -0.1) is 0 Å². The Balaban J connectivity index is 1.70. The molecule has 1 aliphatic heterocycles. The lowest BCUT2D eigenvalue weighted by molar-refractivity contribution is 0.146. The fraction of sp³-hybridized carbons (Fsp3) is 0.667. The molecular weight excluding hydrogens is 265 g/mol. The molecule has 2 N–H and O–H groups in total. The predicted octanol–water partition coefficient (Wildman–Crippen LogP) is 5.12. The number of hydrogen-bond donors (Lipinski definition) is 1. The fourth-order valence-electron chi connectivity index (χ4n) is 3.06. The third-order valence-corrected chi connectivity index (χ3v) is 4.31. The van der Waals surface area contributed by atoms with E-state index in [9.17, 15) is 4.39 Å². The minimum absolute atomic E-state index is 0.0981. The van der Waals surface area contributed by atoms with Crippen molar-refractivity contribution in [3.05, 3.63) is 29.6 Å². The maximum atomic E-state index is 13.2. The van der Waals surface area contributed by atoms with Crippen molar-refractivity contribution < 1.29 is 9.13 Å². The van der Waals surface area contributed by atoms with Crippen molar-refractivity contribution in [1.82, 2.24) is 0 Å². The Morgan fingerprint density at radius 1 is 1.14 bits per heavy atom. The first kappa shape index (κ1) is 16.3. The Morgan fingerprint density at radius 2 is 1.86 bits per heavy atom. The zero-order valence-electron chi connectivity index (χ0n) is 13.1. The highest BCUT2D eigenvalue weighted by Gasteiger charge is 2.25. The lowest BCUT2D eigenvalue weighted by Gasteiger charge is -2.30. The molecule has 0 bridgehead atoms. The fourth-order valence-corrected chi connectivity index (χ4v) is 3.06. The summed E-state index contributed by atoms with van der Waals surface area (Å²) >= 11 is 0. The SMILES string of the molecule is CCCCCCCCCC1C[C@H](N)c2cc(F)ccc2O1. The van der Waals surface area contributed by atoms with Crippen LogP contribution in [0.5, 0.6) is 5.75 Å². The molecule has 1 aliphatic rings. The average molecular weight is 293 g/mol. The smallest absolute Gasteiger partial charge is 0.124 e. The van der Waals surface area contributed by atoms with E-state index in [-0.39, 0.29) is 18.0 Å². The molecule has 3 heteroatoms. The number of unbranched alkanes of at least 4 members (excludes halogenated alkanes) is 6. The number of hydrogen-bond acceptors (Lipinski definition) is 2. The number of fused-ring (bicyclic) bond motifs is 1. The van der Waals surface area contributed by atoms with E-state index in [0.717, 1.165) is 24.2 Å². The summed E-state index contributed by atoms with van der Waals surface area (Å²) in [5.41, 5.74) is 6.96. The third-order valence-electron chi connectivity index (χ3n) is 4.31. The van der Waals surface area contributed by atoms with Crippen molar-refractivity contribution in [1.29, 1.82) is 0 Å². The second-order valence-corrected chi connectivity index (χ2v) is 6.17. The lowest BCUT2D eigenvalue weighted by atomic mass is 9.94. The maximum Gasteiger partial charge on any atom is 0.124 e. The van der Waals surface area contributed by atoms with E-state index in [4.69, 9.17) is 10.5 Å². The Bertz CT molecular complexity index is 435. The summed E-state index contributed by atoms with van der Waals surface area (Å²) in [6.45, 7) is 2.24. The minimum Gasteiger partial charge on any atom is -0.490 e. The molecule has 21 heavy (non-hydrogen) atoms. The van der Waals surface area contributed by atoms with Crippen LogP contribution in [0.2, 0.25) is 0 Å². The van der Waals surface area contributed by atoms with E-state index in [1.165, 1.54) is 57.1 Å². The van der Waals surface area contributed by atoms with Crippen molar-refractivity contribution in [2.45, 2.75) is 76.9 Å². The van der Waals surface area contributed by atoms with E-state index < -0.39 is 0 Å². The van der Waals surface area contributed by atoms with Crippen LogP contribution in [0.15, 0.2) is 18.2 Å². The number of halogens is 1. The van der Waals surface area contributed by atoms with Crippen LogP contribution in [0, 0.1) is 5.82 Å². The molecule has 118 valence electrons. The average Bonchev–Trinajstić information content (AvgIpc) is 2.47. The van der Waals surface area contributed by atoms with Gasteiger partial charge in [-0.3, -0.25) is 0 Å². The van der Waals surface area contributed by atoms with Gasteiger partial charge >= 0.3 is 0 Å². The summed E-state index contributed by atoms with van der Waals surface area (Å²) in [5, 5.41) is 0. The molecule has 2 nitrogen and oxygen atoms in total. The summed E-state index contributed by atoms with van der Waals surface area (Å²) in [7, 11) is 0. The van der Waals surface area contributed by atoms with Gasteiger partial charge in [-0.2, -0.15) is 0 Å². The molecule has 0 radical (unpaired) electrons. The van der Waals surface area contributed by atoms with E-state index in [2.05, 4.69) is 6.92 Å². The molecule has 0 aliphatic carbocycles. The van der Waals surface area contributed by atoms with Gasteiger partial charge in [-0.05, 0) is 31.0 Å². The first-order valence-corrected chi connectivity index (χ1v) is 8.42. The third kappa shape index (κ3) is 4.99. The zero-order valence-corrected chi connectivity index (χ0v) is 13.1. The number of benzene rings is 1. The van der Waals surface area contributed by atoms with Crippen molar-refractivity contribution in [3.63, 3.8) is 0 Å². The van der Waals surface area contributed by atoms with Crippen LogP contribution in [0.25, 0.3) is 0 Å². The highest BCUT2D eigenvalue weighted by atomic mass is 19.1. The van der Waals surface area contributed by atoms with Gasteiger partial charge in [0, 0.05) is 18.0 Å². The summed E-state index contributed by atoms with van der Waals surface area (Å²) < 4.78 is 19.2. The Kier molecular flexibility index (Phi) is 6.50. The van der Waals surface area contributed by atoms with Crippen LogP contribution in [-0.2, 0) is 0 Å². The summed E-state index contributed by atoms with van der Waals surface area (Å²) in [4.78, 5) is 0. The minimum atomic E-state index is -0.238. The molecule has 1 unspecified atom stereocenters. The van der Waals surface area contributed by atoms with Crippen LogP contribution in [-0.4, -0.2) is 6.10 Å². The van der Waals surface area contributed by atoms with Crippen LogP contribution >= 0.6 is 0 Å². The molecule has 1 heterocycles. The maximum absolute atomic E-state index is 13.2. The van der Waals surface area contributed by atoms with Crippen molar-refractivity contribution in [2.24, 2.45) is 5.73 Å². The van der Waals surface area contributed by atoms with E-state index in [1.807, 2.05) is 0 Å². The molecule has 1 aromatic rings. The van der Waals surface area contributed by atoms with Crippen molar-refractivity contribution >= 4 is 0 Å². The van der Waals surface area contributed by atoms with Gasteiger partial charge in [0.1, 0.15) is 17.7 Å². The highest BCUT2D eigenvalue weighted by molar-refractivity contribution is 5.38. The van der Waals surface area contributed by atoms with Crippen LogP contribution in [0.3, 0.4) is 0 Å². The first-order valence-electron chi connectivity index (χ1n) is 8.42. The van der Waals surface area contributed by atoms with Gasteiger partial charge in [0.15, 0.2) is 0 Å². The Labute approximate surface area is 127 Å². The quantitative estimate of drug-likeness (QED) is 0.675.